The van der Waals surface area contributed by atoms with Crippen LogP contribution in [0.1, 0.15) is 37.2 Å². The highest BCUT2D eigenvalue weighted by Gasteiger charge is 2.31. The summed E-state index contributed by atoms with van der Waals surface area (Å²) in [5.41, 5.74) is 6.43. The summed E-state index contributed by atoms with van der Waals surface area (Å²) in [6, 6.07) is 9.43. The fraction of sp³-hybridized carbons (Fsp3) is 0.357. The highest BCUT2D eigenvalue weighted by molar-refractivity contribution is 6.01. The van der Waals surface area contributed by atoms with Crippen molar-refractivity contribution in [3.05, 3.63) is 42.2 Å². The monoisotopic (exact) mass is 258 g/mol. The van der Waals surface area contributed by atoms with Crippen molar-refractivity contribution < 1.29 is 4.79 Å². The largest absolute Gasteiger partial charge is 0.319 e. The summed E-state index contributed by atoms with van der Waals surface area (Å²) in [6.45, 7) is 3.76. The standard InChI is InChI=1S/C14H18N4O/c1-3-9-14(2,15)13(19)12-10-16-17-18(12)11-7-5-4-6-8-11/h4-8,10H,3,9,15H2,1-2H3. The Hall–Kier alpha value is -2.01. The molecule has 5 heteroatoms. The predicted molar refractivity (Wildman–Crippen MR) is 73.2 cm³/mol. The van der Waals surface area contributed by atoms with Gasteiger partial charge in [-0.1, -0.05) is 36.8 Å². The Kier molecular flexibility index (Phi) is 3.76. The SMILES string of the molecule is CCCC(C)(N)C(=O)c1cnnn1-c1ccccc1. The summed E-state index contributed by atoms with van der Waals surface area (Å²) in [6.07, 6.45) is 2.95. The number of benzene rings is 1. The third-order valence-corrected chi connectivity index (χ3v) is 3.07. The zero-order chi connectivity index (χ0) is 13.9. The minimum atomic E-state index is -0.886. The lowest BCUT2D eigenvalue weighted by Gasteiger charge is -2.22. The Morgan fingerprint density at radius 1 is 1.37 bits per heavy atom. The summed E-state index contributed by atoms with van der Waals surface area (Å²) in [7, 11) is 0. The number of para-hydroxylation sites is 1. The molecule has 0 aliphatic heterocycles. The van der Waals surface area contributed by atoms with E-state index in [2.05, 4.69) is 10.3 Å². The van der Waals surface area contributed by atoms with Gasteiger partial charge in [0.1, 0.15) is 5.69 Å². The average molecular weight is 258 g/mol. The number of rotatable bonds is 5. The lowest BCUT2D eigenvalue weighted by Crippen LogP contribution is -2.45. The zero-order valence-electron chi connectivity index (χ0n) is 11.2. The number of hydrogen-bond donors (Lipinski definition) is 1. The van der Waals surface area contributed by atoms with Crippen LogP contribution >= 0.6 is 0 Å². The summed E-state index contributed by atoms with van der Waals surface area (Å²) >= 11 is 0. The molecule has 1 aromatic heterocycles. The van der Waals surface area contributed by atoms with Crippen LogP contribution in [0.5, 0.6) is 0 Å². The molecule has 0 saturated carbocycles. The van der Waals surface area contributed by atoms with Gasteiger partial charge in [0.15, 0.2) is 0 Å². The van der Waals surface area contributed by atoms with E-state index in [1.807, 2.05) is 37.3 Å². The van der Waals surface area contributed by atoms with Gasteiger partial charge in [-0.05, 0) is 25.5 Å². The second kappa shape index (κ2) is 5.32. The van der Waals surface area contributed by atoms with Crippen LogP contribution in [-0.4, -0.2) is 26.3 Å². The maximum atomic E-state index is 12.5. The molecule has 2 rings (SSSR count). The van der Waals surface area contributed by atoms with Crippen LogP contribution in [0.25, 0.3) is 5.69 Å². The highest BCUT2D eigenvalue weighted by Crippen LogP contribution is 2.18. The number of aromatic nitrogens is 3. The fourth-order valence-electron chi connectivity index (χ4n) is 2.08. The van der Waals surface area contributed by atoms with E-state index in [4.69, 9.17) is 5.73 Å². The van der Waals surface area contributed by atoms with E-state index in [1.165, 1.54) is 10.9 Å². The third kappa shape index (κ3) is 2.71. The van der Waals surface area contributed by atoms with Crippen LogP contribution in [-0.2, 0) is 0 Å². The lowest BCUT2D eigenvalue weighted by atomic mass is 9.90. The van der Waals surface area contributed by atoms with Crippen LogP contribution in [0.3, 0.4) is 0 Å². The van der Waals surface area contributed by atoms with Crippen molar-refractivity contribution in [2.45, 2.75) is 32.2 Å². The van der Waals surface area contributed by atoms with Gasteiger partial charge in [0, 0.05) is 0 Å². The molecule has 1 aromatic carbocycles. The van der Waals surface area contributed by atoms with E-state index < -0.39 is 5.54 Å². The van der Waals surface area contributed by atoms with Gasteiger partial charge >= 0.3 is 0 Å². The Labute approximate surface area is 112 Å². The van der Waals surface area contributed by atoms with Crippen molar-refractivity contribution in [1.29, 1.82) is 0 Å². The van der Waals surface area contributed by atoms with Crippen molar-refractivity contribution in [1.82, 2.24) is 15.0 Å². The molecule has 1 heterocycles. The van der Waals surface area contributed by atoms with Gasteiger partial charge in [-0.3, -0.25) is 4.79 Å². The molecule has 0 saturated heterocycles. The second-order valence-corrected chi connectivity index (χ2v) is 4.86. The first-order valence-corrected chi connectivity index (χ1v) is 6.36. The zero-order valence-corrected chi connectivity index (χ0v) is 11.2. The van der Waals surface area contributed by atoms with Crippen LogP contribution in [0.4, 0.5) is 0 Å². The number of carbonyl (C=O) groups is 1. The van der Waals surface area contributed by atoms with Gasteiger partial charge in [-0.15, -0.1) is 5.10 Å². The molecule has 1 unspecified atom stereocenters. The van der Waals surface area contributed by atoms with E-state index in [0.29, 0.717) is 12.1 Å². The molecule has 100 valence electrons. The lowest BCUT2D eigenvalue weighted by molar-refractivity contribution is 0.0885. The van der Waals surface area contributed by atoms with Crippen LogP contribution in [0.2, 0.25) is 0 Å². The molecule has 0 aliphatic rings. The number of carbonyl (C=O) groups excluding carboxylic acids is 1. The molecule has 5 nitrogen and oxygen atoms in total. The van der Waals surface area contributed by atoms with Crippen molar-refractivity contribution in [3.63, 3.8) is 0 Å². The number of nitrogens with two attached hydrogens (primary N) is 1. The molecule has 0 radical (unpaired) electrons. The van der Waals surface area contributed by atoms with E-state index in [9.17, 15) is 4.79 Å². The van der Waals surface area contributed by atoms with Gasteiger partial charge in [-0.2, -0.15) is 0 Å². The summed E-state index contributed by atoms with van der Waals surface area (Å²) in [4.78, 5) is 12.5. The maximum absolute atomic E-state index is 12.5. The Balaban J connectivity index is 2.38. The molecule has 19 heavy (non-hydrogen) atoms. The van der Waals surface area contributed by atoms with Crippen LogP contribution in [0.15, 0.2) is 36.5 Å². The minimum Gasteiger partial charge on any atom is -0.319 e. The van der Waals surface area contributed by atoms with Gasteiger partial charge in [-0.25, -0.2) is 4.68 Å². The number of ketones is 1. The number of nitrogens with zero attached hydrogens (tertiary/aromatic N) is 3. The molecule has 1 atom stereocenters. The predicted octanol–water partition coefficient (Wildman–Crippen LogP) is 1.97. The summed E-state index contributed by atoms with van der Waals surface area (Å²) < 4.78 is 1.53. The molecule has 0 amide bonds. The molecule has 0 bridgehead atoms. The molecular weight excluding hydrogens is 240 g/mol. The molecule has 0 fully saturated rings. The third-order valence-electron chi connectivity index (χ3n) is 3.07. The van der Waals surface area contributed by atoms with Gasteiger partial charge < -0.3 is 5.73 Å². The van der Waals surface area contributed by atoms with Crippen molar-refractivity contribution >= 4 is 5.78 Å². The maximum Gasteiger partial charge on any atom is 0.202 e. The minimum absolute atomic E-state index is 0.136. The normalized spacial score (nSPS) is 14.1. The van der Waals surface area contributed by atoms with Crippen molar-refractivity contribution in [2.75, 3.05) is 0 Å². The highest BCUT2D eigenvalue weighted by atomic mass is 16.1. The number of Topliss-reactive ketones (excluding diaryl/α,β-unsaturated/α-hetero) is 1. The van der Waals surface area contributed by atoms with E-state index >= 15 is 0 Å². The van der Waals surface area contributed by atoms with Crippen LogP contribution < -0.4 is 5.73 Å². The fourth-order valence-corrected chi connectivity index (χ4v) is 2.08. The smallest absolute Gasteiger partial charge is 0.202 e. The molecular formula is C14H18N4O. The first-order valence-electron chi connectivity index (χ1n) is 6.36. The Morgan fingerprint density at radius 2 is 2.05 bits per heavy atom. The van der Waals surface area contributed by atoms with E-state index in [-0.39, 0.29) is 5.78 Å². The van der Waals surface area contributed by atoms with Gasteiger partial charge in [0.25, 0.3) is 0 Å². The van der Waals surface area contributed by atoms with Gasteiger partial charge in [0.05, 0.1) is 17.4 Å². The quantitative estimate of drug-likeness (QED) is 0.832. The van der Waals surface area contributed by atoms with E-state index in [1.54, 1.807) is 6.92 Å². The first-order chi connectivity index (χ1) is 9.06. The summed E-state index contributed by atoms with van der Waals surface area (Å²) in [5.74, 6) is -0.136. The Bertz CT molecular complexity index is 560. The Morgan fingerprint density at radius 3 is 2.68 bits per heavy atom. The summed E-state index contributed by atoms with van der Waals surface area (Å²) in [5, 5.41) is 7.80. The van der Waals surface area contributed by atoms with Gasteiger partial charge in [0.2, 0.25) is 5.78 Å². The molecule has 0 aliphatic carbocycles. The molecule has 0 spiro atoms. The van der Waals surface area contributed by atoms with Crippen molar-refractivity contribution in [2.24, 2.45) is 5.73 Å². The molecule has 2 aromatic rings. The first kappa shape index (κ1) is 13.4. The average Bonchev–Trinajstić information content (AvgIpc) is 2.87. The van der Waals surface area contributed by atoms with E-state index in [0.717, 1.165) is 12.1 Å². The van der Waals surface area contributed by atoms with Crippen molar-refractivity contribution in [3.8, 4) is 5.69 Å². The van der Waals surface area contributed by atoms with Crippen LogP contribution in [0, 0.1) is 0 Å². The topological polar surface area (TPSA) is 73.8 Å². The second-order valence-electron chi connectivity index (χ2n) is 4.86. The number of hydrogen-bond acceptors (Lipinski definition) is 4. The molecule has 2 N–H and O–H groups in total.